The smallest absolute Gasteiger partial charge is 0.246 e. The van der Waals surface area contributed by atoms with Crippen molar-refractivity contribution in [3.05, 3.63) is 67.9 Å². The highest BCUT2D eigenvalue weighted by Gasteiger charge is 2.12. The molecule has 0 radical (unpaired) electrons. The van der Waals surface area contributed by atoms with Crippen LogP contribution in [0.25, 0.3) is 0 Å². The fraction of sp³-hybridized carbons (Fsp3) is 0.263. The van der Waals surface area contributed by atoms with Gasteiger partial charge >= 0.3 is 0 Å². The molecule has 3 rings (SSSR count). The van der Waals surface area contributed by atoms with Crippen molar-refractivity contribution < 1.29 is 4.79 Å². The zero-order valence-corrected chi connectivity index (χ0v) is 16.9. The molecule has 0 saturated carbocycles. The number of nitrogens with one attached hydrogen (secondary N) is 1. The summed E-state index contributed by atoms with van der Waals surface area (Å²) in [5.41, 5.74) is 6.98. The Bertz CT molecular complexity index is 992. The average molecular weight is 402 g/mol. The number of amides is 1. The molecule has 0 fully saturated rings. The van der Waals surface area contributed by atoms with E-state index in [9.17, 15) is 4.79 Å². The van der Waals surface area contributed by atoms with Crippen molar-refractivity contribution in [1.29, 1.82) is 0 Å². The third kappa shape index (κ3) is 4.81. The van der Waals surface area contributed by atoms with Crippen molar-refractivity contribution in [2.45, 2.75) is 33.7 Å². The molecule has 140 valence electrons. The number of aryl methyl sites for hydroxylation is 2. The fourth-order valence-corrected chi connectivity index (χ4v) is 3.51. The Morgan fingerprint density at radius 3 is 2.81 bits per heavy atom. The van der Waals surface area contributed by atoms with Gasteiger partial charge in [0.05, 0.1) is 35.6 Å². The molecule has 0 unspecified atom stereocenters. The van der Waals surface area contributed by atoms with Gasteiger partial charge in [-0.3, -0.25) is 9.48 Å². The minimum absolute atomic E-state index is 0.199. The zero-order valence-electron chi connectivity index (χ0n) is 15.4. The van der Waals surface area contributed by atoms with E-state index < -0.39 is 0 Å². The standard InChI is InChI=1S/C19H20ClN5OS/c1-12-17(9-21-23-19(26)8-16-11-27-14(3)22-16)13(2)25(24-12)10-15-6-4-5-7-18(15)20/h4-7,9,11H,8,10H2,1-3H3,(H,23,26)/b21-9+. The van der Waals surface area contributed by atoms with Gasteiger partial charge in [0.25, 0.3) is 0 Å². The van der Waals surface area contributed by atoms with Gasteiger partial charge in [0, 0.05) is 21.7 Å². The minimum atomic E-state index is -0.199. The van der Waals surface area contributed by atoms with Crippen molar-refractivity contribution in [1.82, 2.24) is 20.2 Å². The minimum Gasteiger partial charge on any atom is -0.273 e. The summed E-state index contributed by atoms with van der Waals surface area (Å²) >= 11 is 7.77. The van der Waals surface area contributed by atoms with E-state index in [0.717, 1.165) is 33.2 Å². The second-order valence-corrected chi connectivity index (χ2v) is 7.63. The Kier molecular flexibility index (Phi) is 6.03. The average Bonchev–Trinajstić information content (AvgIpc) is 3.14. The van der Waals surface area contributed by atoms with Crippen LogP contribution in [0.15, 0.2) is 34.7 Å². The Morgan fingerprint density at radius 1 is 1.33 bits per heavy atom. The topological polar surface area (TPSA) is 72.2 Å². The first kappa shape index (κ1) is 19.3. The lowest BCUT2D eigenvalue weighted by Crippen LogP contribution is -2.20. The van der Waals surface area contributed by atoms with Gasteiger partial charge in [-0.1, -0.05) is 29.8 Å². The van der Waals surface area contributed by atoms with E-state index in [1.807, 2.05) is 55.1 Å². The number of carbonyl (C=O) groups excluding carboxylic acids is 1. The predicted molar refractivity (Wildman–Crippen MR) is 109 cm³/mol. The molecule has 0 aliphatic carbocycles. The molecule has 0 aliphatic heterocycles. The summed E-state index contributed by atoms with van der Waals surface area (Å²) in [6.45, 7) is 6.38. The summed E-state index contributed by atoms with van der Waals surface area (Å²) in [5.74, 6) is -0.199. The molecule has 0 bridgehead atoms. The summed E-state index contributed by atoms with van der Waals surface area (Å²) in [4.78, 5) is 16.2. The largest absolute Gasteiger partial charge is 0.273 e. The first-order valence-corrected chi connectivity index (χ1v) is 9.70. The molecule has 2 heterocycles. The van der Waals surface area contributed by atoms with Crippen LogP contribution in [0.3, 0.4) is 0 Å². The quantitative estimate of drug-likeness (QED) is 0.506. The second-order valence-electron chi connectivity index (χ2n) is 6.16. The Morgan fingerprint density at radius 2 is 2.11 bits per heavy atom. The van der Waals surface area contributed by atoms with E-state index in [-0.39, 0.29) is 12.3 Å². The van der Waals surface area contributed by atoms with Crippen LogP contribution in [0.2, 0.25) is 5.02 Å². The van der Waals surface area contributed by atoms with Crippen LogP contribution in [0.1, 0.15) is 33.2 Å². The molecule has 27 heavy (non-hydrogen) atoms. The van der Waals surface area contributed by atoms with Crippen molar-refractivity contribution in [3.8, 4) is 0 Å². The zero-order chi connectivity index (χ0) is 19.4. The molecule has 1 N–H and O–H groups in total. The molecule has 0 atom stereocenters. The first-order valence-electron chi connectivity index (χ1n) is 8.44. The molecule has 8 heteroatoms. The third-order valence-electron chi connectivity index (χ3n) is 4.11. The summed E-state index contributed by atoms with van der Waals surface area (Å²) in [6, 6.07) is 7.70. The molecular weight excluding hydrogens is 382 g/mol. The monoisotopic (exact) mass is 401 g/mol. The van der Waals surface area contributed by atoms with E-state index in [1.165, 1.54) is 11.3 Å². The Hall–Kier alpha value is -2.51. The van der Waals surface area contributed by atoms with Gasteiger partial charge in [-0.2, -0.15) is 10.2 Å². The van der Waals surface area contributed by atoms with Crippen LogP contribution in [0, 0.1) is 20.8 Å². The molecule has 0 saturated heterocycles. The number of halogens is 1. The SMILES string of the molecule is Cc1nc(CC(=O)N/N=C/c2c(C)nn(Cc3ccccc3Cl)c2C)cs1. The van der Waals surface area contributed by atoms with Crippen molar-refractivity contribution >= 4 is 35.1 Å². The fourth-order valence-electron chi connectivity index (χ4n) is 2.70. The number of aromatic nitrogens is 3. The van der Waals surface area contributed by atoms with Crippen LogP contribution in [0.4, 0.5) is 0 Å². The van der Waals surface area contributed by atoms with Gasteiger partial charge in [-0.05, 0) is 32.4 Å². The maximum Gasteiger partial charge on any atom is 0.246 e. The van der Waals surface area contributed by atoms with E-state index in [1.54, 1.807) is 6.21 Å². The number of hydrogen-bond acceptors (Lipinski definition) is 5. The van der Waals surface area contributed by atoms with Crippen LogP contribution in [0.5, 0.6) is 0 Å². The van der Waals surface area contributed by atoms with E-state index >= 15 is 0 Å². The van der Waals surface area contributed by atoms with Gasteiger partial charge in [0.15, 0.2) is 0 Å². The van der Waals surface area contributed by atoms with Gasteiger partial charge in [0.2, 0.25) is 5.91 Å². The first-order chi connectivity index (χ1) is 12.9. The van der Waals surface area contributed by atoms with E-state index in [2.05, 4.69) is 20.6 Å². The number of carbonyl (C=O) groups is 1. The molecule has 0 aliphatic rings. The van der Waals surface area contributed by atoms with Crippen LogP contribution in [-0.4, -0.2) is 26.9 Å². The number of hydrazone groups is 1. The van der Waals surface area contributed by atoms with Crippen molar-refractivity contribution in [2.24, 2.45) is 5.10 Å². The van der Waals surface area contributed by atoms with Crippen LogP contribution < -0.4 is 5.43 Å². The number of hydrogen-bond donors (Lipinski definition) is 1. The Labute approximate surface area is 166 Å². The highest BCUT2D eigenvalue weighted by atomic mass is 35.5. The number of rotatable bonds is 6. The van der Waals surface area contributed by atoms with Crippen molar-refractivity contribution in [3.63, 3.8) is 0 Å². The number of thiazole rings is 1. The number of benzene rings is 1. The highest BCUT2D eigenvalue weighted by Crippen LogP contribution is 2.18. The highest BCUT2D eigenvalue weighted by molar-refractivity contribution is 7.09. The lowest BCUT2D eigenvalue weighted by Gasteiger charge is -2.06. The molecule has 2 aromatic heterocycles. The number of nitrogens with zero attached hydrogens (tertiary/aromatic N) is 4. The van der Waals surface area contributed by atoms with E-state index in [4.69, 9.17) is 11.6 Å². The summed E-state index contributed by atoms with van der Waals surface area (Å²) in [5, 5.41) is 12.2. The molecule has 0 spiro atoms. The third-order valence-corrected chi connectivity index (χ3v) is 5.30. The summed E-state index contributed by atoms with van der Waals surface area (Å²) in [6.07, 6.45) is 1.84. The molecular formula is C19H20ClN5OS. The summed E-state index contributed by atoms with van der Waals surface area (Å²) < 4.78 is 1.89. The second kappa shape index (κ2) is 8.45. The van der Waals surface area contributed by atoms with Crippen LogP contribution >= 0.6 is 22.9 Å². The lowest BCUT2D eigenvalue weighted by atomic mass is 10.2. The molecule has 1 amide bonds. The maximum atomic E-state index is 12.0. The maximum absolute atomic E-state index is 12.0. The normalized spacial score (nSPS) is 11.3. The molecule has 1 aromatic carbocycles. The van der Waals surface area contributed by atoms with Gasteiger partial charge in [-0.25, -0.2) is 10.4 Å². The van der Waals surface area contributed by atoms with Crippen molar-refractivity contribution in [2.75, 3.05) is 0 Å². The van der Waals surface area contributed by atoms with Gasteiger partial charge < -0.3 is 0 Å². The van der Waals surface area contributed by atoms with Gasteiger partial charge in [-0.15, -0.1) is 11.3 Å². The molecule has 3 aromatic rings. The van der Waals surface area contributed by atoms with E-state index in [0.29, 0.717) is 11.6 Å². The summed E-state index contributed by atoms with van der Waals surface area (Å²) in [7, 11) is 0. The van der Waals surface area contributed by atoms with Crippen LogP contribution in [-0.2, 0) is 17.8 Å². The molecule has 6 nitrogen and oxygen atoms in total. The Balaban J connectivity index is 1.66. The van der Waals surface area contributed by atoms with Gasteiger partial charge in [0.1, 0.15) is 0 Å². The predicted octanol–water partition coefficient (Wildman–Crippen LogP) is 3.66. The lowest BCUT2D eigenvalue weighted by molar-refractivity contribution is -0.120.